The zero-order valence-corrected chi connectivity index (χ0v) is 10.5. The van der Waals surface area contributed by atoms with E-state index in [-0.39, 0.29) is 12.5 Å². The molecule has 1 aliphatic carbocycles. The zero-order valence-electron chi connectivity index (χ0n) is 10.5. The Morgan fingerprint density at radius 1 is 1.41 bits per heavy atom. The number of nitrogens with one attached hydrogen (secondary N) is 1. The summed E-state index contributed by atoms with van der Waals surface area (Å²) in [4.78, 5) is 11.8. The zero-order chi connectivity index (χ0) is 12.7. The smallest absolute Gasteiger partial charge is 0.240 e. The van der Waals surface area contributed by atoms with Crippen LogP contribution in [0.25, 0.3) is 0 Å². The minimum Gasteiger partial charge on any atom is -0.396 e. The number of carbonyl (C=O) groups excluding carboxylic acids is 1. The summed E-state index contributed by atoms with van der Waals surface area (Å²) in [6.07, 6.45) is 5.14. The van der Waals surface area contributed by atoms with Gasteiger partial charge in [-0.1, -0.05) is 19.8 Å². The van der Waals surface area contributed by atoms with E-state index in [2.05, 4.69) is 18.3 Å². The van der Waals surface area contributed by atoms with Gasteiger partial charge in [-0.3, -0.25) is 4.79 Å². The van der Waals surface area contributed by atoms with Crippen LogP contribution in [0.2, 0.25) is 0 Å². The van der Waals surface area contributed by atoms with Gasteiger partial charge in [0.25, 0.3) is 0 Å². The standard InChI is InChI=1S/C13H22N2O2/c1-11-8-13(9-11,10-14)12(17)15-6-4-2-3-5-7-16/h11,16H,2-9H2,1H3,(H,15,17). The number of hydrogen-bond acceptors (Lipinski definition) is 3. The molecular formula is C13H22N2O2. The van der Waals surface area contributed by atoms with Gasteiger partial charge in [-0.2, -0.15) is 5.26 Å². The molecule has 0 aromatic carbocycles. The predicted molar refractivity (Wildman–Crippen MR) is 65.0 cm³/mol. The van der Waals surface area contributed by atoms with E-state index in [1.54, 1.807) is 0 Å². The van der Waals surface area contributed by atoms with Gasteiger partial charge < -0.3 is 10.4 Å². The minimum atomic E-state index is -0.746. The maximum absolute atomic E-state index is 11.8. The average molecular weight is 238 g/mol. The fraction of sp³-hybridized carbons (Fsp3) is 0.846. The molecule has 1 fully saturated rings. The van der Waals surface area contributed by atoms with Gasteiger partial charge in [0.1, 0.15) is 5.41 Å². The van der Waals surface area contributed by atoms with Crippen LogP contribution in [0.15, 0.2) is 0 Å². The molecule has 17 heavy (non-hydrogen) atoms. The summed E-state index contributed by atoms with van der Waals surface area (Å²) in [5.74, 6) is 0.394. The van der Waals surface area contributed by atoms with Crippen molar-refractivity contribution in [1.82, 2.24) is 5.32 Å². The van der Waals surface area contributed by atoms with Crippen LogP contribution in [0.5, 0.6) is 0 Å². The molecule has 0 aromatic heterocycles. The van der Waals surface area contributed by atoms with Crippen molar-refractivity contribution in [2.24, 2.45) is 11.3 Å². The molecule has 0 aliphatic heterocycles. The first-order valence-corrected chi connectivity index (χ1v) is 6.45. The van der Waals surface area contributed by atoms with Gasteiger partial charge in [0.15, 0.2) is 0 Å². The lowest BCUT2D eigenvalue weighted by molar-refractivity contribution is -0.133. The van der Waals surface area contributed by atoms with Crippen LogP contribution >= 0.6 is 0 Å². The number of amides is 1. The average Bonchev–Trinajstić information content (AvgIpc) is 2.29. The van der Waals surface area contributed by atoms with E-state index in [1.807, 2.05) is 0 Å². The number of aliphatic hydroxyl groups is 1. The van der Waals surface area contributed by atoms with E-state index < -0.39 is 5.41 Å². The molecule has 1 saturated carbocycles. The number of hydrogen-bond donors (Lipinski definition) is 2. The van der Waals surface area contributed by atoms with Gasteiger partial charge >= 0.3 is 0 Å². The van der Waals surface area contributed by atoms with Crippen LogP contribution in [0.3, 0.4) is 0 Å². The number of nitrogens with zero attached hydrogens (tertiary/aromatic N) is 1. The molecule has 0 radical (unpaired) electrons. The van der Waals surface area contributed by atoms with Crippen molar-refractivity contribution in [3.05, 3.63) is 0 Å². The molecule has 1 aliphatic rings. The Kier molecular flexibility index (Phi) is 5.43. The van der Waals surface area contributed by atoms with Crippen molar-refractivity contribution in [1.29, 1.82) is 5.26 Å². The number of carbonyl (C=O) groups is 1. The van der Waals surface area contributed by atoms with E-state index in [0.717, 1.165) is 25.7 Å². The lowest BCUT2D eigenvalue weighted by Gasteiger charge is -2.39. The second-order valence-corrected chi connectivity index (χ2v) is 5.10. The first kappa shape index (κ1) is 14.0. The molecule has 0 spiro atoms. The Morgan fingerprint density at radius 3 is 2.59 bits per heavy atom. The Labute approximate surface area is 103 Å². The van der Waals surface area contributed by atoms with Gasteiger partial charge in [0, 0.05) is 13.2 Å². The largest absolute Gasteiger partial charge is 0.396 e. The van der Waals surface area contributed by atoms with E-state index in [1.165, 1.54) is 0 Å². The van der Waals surface area contributed by atoms with Crippen molar-refractivity contribution in [3.63, 3.8) is 0 Å². The Balaban J connectivity index is 2.15. The SMILES string of the molecule is CC1CC(C#N)(C(=O)NCCCCCCO)C1. The summed E-state index contributed by atoms with van der Waals surface area (Å²) >= 11 is 0. The molecule has 2 N–H and O–H groups in total. The van der Waals surface area contributed by atoms with Gasteiger partial charge in [0.2, 0.25) is 5.91 Å². The summed E-state index contributed by atoms with van der Waals surface area (Å²) in [5.41, 5.74) is -0.746. The molecule has 0 bridgehead atoms. The monoisotopic (exact) mass is 238 g/mol. The molecule has 1 amide bonds. The third-order valence-corrected chi connectivity index (χ3v) is 3.41. The molecule has 0 aromatic rings. The molecular weight excluding hydrogens is 216 g/mol. The molecule has 1 rings (SSSR count). The Morgan fingerprint density at radius 2 is 2.06 bits per heavy atom. The van der Waals surface area contributed by atoms with Crippen LogP contribution in [-0.2, 0) is 4.79 Å². The van der Waals surface area contributed by atoms with E-state index in [9.17, 15) is 4.79 Å². The lowest BCUT2D eigenvalue weighted by atomic mass is 9.63. The van der Waals surface area contributed by atoms with Crippen LogP contribution in [-0.4, -0.2) is 24.2 Å². The van der Waals surface area contributed by atoms with Gasteiger partial charge in [-0.25, -0.2) is 0 Å². The van der Waals surface area contributed by atoms with Crippen LogP contribution < -0.4 is 5.32 Å². The molecule has 4 nitrogen and oxygen atoms in total. The second-order valence-electron chi connectivity index (χ2n) is 5.10. The van der Waals surface area contributed by atoms with Gasteiger partial charge in [0.05, 0.1) is 6.07 Å². The summed E-state index contributed by atoms with van der Waals surface area (Å²) in [6.45, 7) is 2.95. The normalized spacial score (nSPS) is 27.0. The molecule has 0 atom stereocenters. The molecule has 0 saturated heterocycles. The Hall–Kier alpha value is -1.08. The molecule has 0 unspecified atom stereocenters. The number of unbranched alkanes of at least 4 members (excludes halogenated alkanes) is 3. The number of nitriles is 1. The van der Waals surface area contributed by atoms with E-state index in [0.29, 0.717) is 25.3 Å². The topological polar surface area (TPSA) is 73.1 Å². The van der Waals surface area contributed by atoms with Crippen molar-refractivity contribution < 1.29 is 9.90 Å². The Bertz CT molecular complexity index is 290. The fourth-order valence-corrected chi connectivity index (χ4v) is 2.42. The van der Waals surface area contributed by atoms with Gasteiger partial charge in [-0.15, -0.1) is 0 Å². The van der Waals surface area contributed by atoms with Crippen molar-refractivity contribution in [2.45, 2.75) is 45.4 Å². The van der Waals surface area contributed by atoms with Crippen molar-refractivity contribution in [3.8, 4) is 6.07 Å². The predicted octanol–water partition coefficient (Wildman–Crippen LogP) is 1.60. The molecule has 0 heterocycles. The second kappa shape index (κ2) is 6.61. The van der Waals surface area contributed by atoms with E-state index in [4.69, 9.17) is 10.4 Å². The highest BCUT2D eigenvalue weighted by atomic mass is 16.2. The third-order valence-electron chi connectivity index (χ3n) is 3.41. The molecule has 96 valence electrons. The third kappa shape index (κ3) is 3.71. The maximum Gasteiger partial charge on any atom is 0.240 e. The summed E-state index contributed by atoms with van der Waals surface area (Å²) < 4.78 is 0. The van der Waals surface area contributed by atoms with Crippen molar-refractivity contribution >= 4 is 5.91 Å². The molecule has 4 heteroatoms. The van der Waals surface area contributed by atoms with Gasteiger partial charge in [-0.05, 0) is 31.6 Å². The number of aliphatic hydroxyl groups excluding tert-OH is 1. The highest BCUT2D eigenvalue weighted by Crippen LogP contribution is 2.44. The van der Waals surface area contributed by atoms with E-state index >= 15 is 0 Å². The first-order chi connectivity index (χ1) is 8.14. The summed E-state index contributed by atoms with van der Waals surface area (Å²) in [6, 6.07) is 2.16. The highest BCUT2D eigenvalue weighted by molar-refractivity contribution is 5.86. The highest BCUT2D eigenvalue weighted by Gasteiger charge is 2.48. The van der Waals surface area contributed by atoms with Crippen LogP contribution in [0.4, 0.5) is 0 Å². The number of rotatable bonds is 7. The fourth-order valence-electron chi connectivity index (χ4n) is 2.42. The van der Waals surface area contributed by atoms with Crippen molar-refractivity contribution in [2.75, 3.05) is 13.2 Å². The quantitative estimate of drug-likeness (QED) is 0.662. The summed E-state index contributed by atoms with van der Waals surface area (Å²) in [5, 5.41) is 20.5. The maximum atomic E-state index is 11.8. The minimum absolute atomic E-state index is 0.0970. The lowest BCUT2D eigenvalue weighted by Crippen LogP contribution is -2.48. The van der Waals surface area contributed by atoms with Crippen LogP contribution in [0.1, 0.15) is 45.4 Å². The summed E-state index contributed by atoms with van der Waals surface area (Å²) in [7, 11) is 0. The first-order valence-electron chi connectivity index (χ1n) is 6.45. The van der Waals surface area contributed by atoms with Crippen LogP contribution in [0, 0.1) is 22.7 Å².